The standard InChI is InChI=1S/C21H29N3O3/c1-24-20(15-26-21-9-5-6-12-25-21)18(14-23-24)19-11-10-17(13-22-19)27-16-7-3-2-4-8-16/h10-11,13-14,16,21H,2-9,12,15H2,1H3. The molecule has 1 aliphatic heterocycles. The predicted octanol–water partition coefficient (Wildman–Crippen LogP) is 4.24. The highest BCUT2D eigenvalue weighted by molar-refractivity contribution is 5.61. The van der Waals surface area contributed by atoms with Crippen molar-refractivity contribution >= 4 is 0 Å². The maximum Gasteiger partial charge on any atom is 0.158 e. The van der Waals surface area contributed by atoms with Gasteiger partial charge >= 0.3 is 0 Å². The zero-order valence-corrected chi connectivity index (χ0v) is 16.1. The molecule has 3 heterocycles. The molecular formula is C21H29N3O3. The number of ether oxygens (including phenoxy) is 3. The summed E-state index contributed by atoms with van der Waals surface area (Å²) in [7, 11) is 1.93. The van der Waals surface area contributed by atoms with Crippen LogP contribution in [0.2, 0.25) is 0 Å². The third kappa shape index (κ3) is 4.68. The van der Waals surface area contributed by atoms with Crippen molar-refractivity contribution in [3.05, 3.63) is 30.2 Å². The van der Waals surface area contributed by atoms with E-state index in [1.54, 1.807) is 0 Å². The average Bonchev–Trinajstić information content (AvgIpc) is 3.09. The van der Waals surface area contributed by atoms with Crippen molar-refractivity contribution in [2.45, 2.75) is 70.4 Å². The zero-order valence-electron chi connectivity index (χ0n) is 16.1. The van der Waals surface area contributed by atoms with Gasteiger partial charge in [-0.1, -0.05) is 6.42 Å². The summed E-state index contributed by atoms with van der Waals surface area (Å²) in [5.41, 5.74) is 2.90. The Hall–Kier alpha value is -1.92. The van der Waals surface area contributed by atoms with Gasteiger partial charge in [-0.3, -0.25) is 9.67 Å². The average molecular weight is 371 g/mol. The molecule has 4 rings (SSSR count). The predicted molar refractivity (Wildman–Crippen MR) is 102 cm³/mol. The van der Waals surface area contributed by atoms with Gasteiger partial charge in [0.2, 0.25) is 0 Å². The molecule has 0 radical (unpaired) electrons. The molecule has 2 aromatic heterocycles. The second-order valence-electron chi connectivity index (χ2n) is 7.49. The third-order valence-corrected chi connectivity index (χ3v) is 5.47. The number of rotatable bonds is 6. The van der Waals surface area contributed by atoms with Crippen molar-refractivity contribution in [3.8, 4) is 17.0 Å². The van der Waals surface area contributed by atoms with Gasteiger partial charge in [-0.15, -0.1) is 0 Å². The van der Waals surface area contributed by atoms with Crippen LogP contribution in [0.3, 0.4) is 0 Å². The fourth-order valence-electron chi connectivity index (χ4n) is 3.85. The lowest BCUT2D eigenvalue weighted by atomic mass is 9.98. The smallest absolute Gasteiger partial charge is 0.158 e. The number of hydrogen-bond acceptors (Lipinski definition) is 5. The van der Waals surface area contributed by atoms with E-state index in [4.69, 9.17) is 14.2 Å². The van der Waals surface area contributed by atoms with E-state index in [-0.39, 0.29) is 6.29 Å². The molecule has 2 aliphatic rings. The quantitative estimate of drug-likeness (QED) is 0.760. The van der Waals surface area contributed by atoms with Crippen LogP contribution in [-0.2, 0) is 23.1 Å². The SMILES string of the molecule is Cn1ncc(-c2ccc(OC3CCCCC3)cn2)c1COC1CCCCO1. The molecule has 0 bridgehead atoms. The molecule has 2 fully saturated rings. The summed E-state index contributed by atoms with van der Waals surface area (Å²) < 4.78 is 19.6. The van der Waals surface area contributed by atoms with Crippen molar-refractivity contribution in [1.29, 1.82) is 0 Å². The van der Waals surface area contributed by atoms with Crippen LogP contribution in [0, 0.1) is 0 Å². The van der Waals surface area contributed by atoms with E-state index < -0.39 is 0 Å². The Kier molecular flexibility index (Phi) is 6.04. The van der Waals surface area contributed by atoms with Gasteiger partial charge in [-0.2, -0.15) is 5.10 Å². The lowest BCUT2D eigenvalue weighted by Gasteiger charge is -2.23. The van der Waals surface area contributed by atoms with Crippen molar-refractivity contribution in [3.63, 3.8) is 0 Å². The van der Waals surface area contributed by atoms with Crippen LogP contribution in [0.1, 0.15) is 57.1 Å². The second kappa shape index (κ2) is 8.85. The molecule has 1 aliphatic carbocycles. The van der Waals surface area contributed by atoms with Crippen molar-refractivity contribution in [2.24, 2.45) is 7.05 Å². The number of aryl methyl sites for hydroxylation is 1. The molecule has 0 amide bonds. The number of aromatic nitrogens is 3. The highest BCUT2D eigenvalue weighted by atomic mass is 16.7. The summed E-state index contributed by atoms with van der Waals surface area (Å²) >= 11 is 0. The van der Waals surface area contributed by atoms with E-state index in [9.17, 15) is 0 Å². The summed E-state index contributed by atoms with van der Waals surface area (Å²) in [6.07, 6.45) is 13.3. The topological polar surface area (TPSA) is 58.4 Å². The van der Waals surface area contributed by atoms with Gasteiger partial charge in [0, 0.05) is 19.2 Å². The van der Waals surface area contributed by atoms with E-state index in [2.05, 4.69) is 10.1 Å². The van der Waals surface area contributed by atoms with Gasteiger partial charge in [0.25, 0.3) is 0 Å². The van der Waals surface area contributed by atoms with E-state index in [0.717, 1.165) is 61.4 Å². The van der Waals surface area contributed by atoms with Crippen LogP contribution in [0.4, 0.5) is 0 Å². The Bertz CT molecular complexity index is 717. The maximum atomic E-state index is 6.08. The highest BCUT2D eigenvalue weighted by Gasteiger charge is 2.18. The van der Waals surface area contributed by atoms with E-state index in [1.807, 2.05) is 36.3 Å². The molecule has 1 unspecified atom stereocenters. The van der Waals surface area contributed by atoms with Gasteiger partial charge < -0.3 is 14.2 Å². The van der Waals surface area contributed by atoms with Crippen LogP contribution < -0.4 is 4.74 Å². The Labute approximate surface area is 160 Å². The van der Waals surface area contributed by atoms with E-state index in [0.29, 0.717) is 12.7 Å². The molecule has 1 atom stereocenters. The van der Waals surface area contributed by atoms with Crippen molar-refractivity contribution < 1.29 is 14.2 Å². The van der Waals surface area contributed by atoms with Crippen LogP contribution in [0.25, 0.3) is 11.3 Å². The Morgan fingerprint density at radius 3 is 2.67 bits per heavy atom. The summed E-state index contributed by atoms with van der Waals surface area (Å²) in [5.74, 6) is 0.850. The van der Waals surface area contributed by atoms with Gasteiger partial charge in [0.15, 0.2) is 6.29 Å². The fourth-order valence-corrected chi connectivity index (χ4v) is 3.85. The molecule has 27 heavy (non-hydrogen) atoms. The monoisotopic (exact) mass is 371 g/mol. The van der Waals surface area contributed by atoms with Gasteiger partial charge in [-0.05, 0) is 57.1 Å². The molecule has 146 valence electrons. The van der Waals surface area contributed by atoms with Crippen LogP contribution in [-0.4, -0.2) is 33.8 Å². The largest absolute Gasteiger partial charge is 0.489 e. The molecule has 0 spiro atoms. The van der Waals surface area contributed by atoms with Gasteiger partial charge in [-0.25, -0.2) is 0 Å². The van der Waals surface area contributed by atoms with Crippen molar-refractivity contribution in [1.82, 2.24) is 14.8 Å². The van der Waals surface area contributed by atoms with Gasteiger partial charge in [0.1, 0.15) is 5.75 Å². The molecular weight excluding hydrogens is 342 g/mol. The highest BCUT2D eigenvalue weighted by Crippen LogP contribution is 2.27. The lowest BCUT2D eigenvalue weighted by Crippen LogP contribution is -2.22. The number of hydrogen-bond donors (Lipinski definition) is 0. The first-order valence-electron chi connectivity index (χ1n) is 10.2. The Balaban J connectivity index is 1.41. The second-order valence-corrected chi connectivity index (χ2v) is 7.49. The van der Waals surface area contributed by atoms with Crippen LogP contribution in [0.15, 0.2) is 24.5 Å². The molecule has 6 nitrogen and oxygen atoms in total. The van der Waals surface area contributed by atoms with Crippen molar-refractivity contribution in [2.75, 3.05) is 6.61 Å². The minimum Gasteiger partial charge on any atom is -0.489 e. The first-order valence-corrected chi connectivity index (χ1v) is 10.2. The number of nitrogens with zero attached hydrogens (tertiary/aromatic N) is 3. The minimum absolute atomic E-state index is 0.110. The lowest BCUT2D eigenvalue weighted by molar-refractivity contribution is -0.169. The first-order chi connectivity index (χ1) is 13.3. The summed E-state index contributed by atoms with van der Waals surface area (Å²) in [5, 5.41) is 4.40. The zero-order chi connectivity index (χ0) is 18.5. The van der Waals surface area contributed by atoms with E-state index in [1.165, 1.54) is 19.3 Å². The fraction of sp³-hybridized carbons (Fsp3) is 0.619. The van der Waals surface area contributed by atoms with Crippen LogP contribution >= 0.6 is 0 Å². The number of pyridine rings is 1. The Morgan fingerprint density at radius 1 is 1.07 bits per heavy atom. The minimum atomic E-state index is -0.110. The molecule has 6 heteroatoms. The summed E-state index contributed by atoms with van der Waals surface area (Å²) in [4.78, 5) is 4.62. The Morgan fingerprint density at radius 2 is 1.93 bits per heavy atom. The molecule has 1 saturated heterocycles. The molecule has 1 saturated carbocycles. The van der Waals surface area contributed by atoms with E-state index >= 15 is 0 Å². The third-order valence-electron chi connectivity index (χ3n) is 5.47. The molecule has 0 N–H and O–H groups in total. The van der Waals surface area contributed by atoms with Crippen LogP contribution in [0.5, 0.6) is 5.75 Å². The maximum absolute atomic E-state index is 6.08. The normalized spacial score (nSPS) is 21.3. The summed E-state index contributed by atoms with van der Waals surface area (Å²) in [6.45, 7) is 1.26. The first kappa shape index (κ1) is 18.4. The van der Waals surface area contributed by atoms with Gasteiger partial charge in [0.05, 0.1) is 36.5 Å². The summed E-state index contributed by atoms with van der Waals surface area (Å²) in [6, 6.07) is 4.02. The molecule has 0 aromatic carbocycles. The molecule has 2 aromatic rings.